The molecule has 21 heavy (non-hydrogen) atoms. The Morgan fingerprint density at radius 1 is 0.952 bits per heavy atom. The zero-order valence-electron chi connectivity index (χ0n) is 14.0. The van der Waals surface area contributed by atoms with Gasteiger partial charge in [0.05, 0.1) is 12.4 Å². The van der Waals surface area contributed by atoms with E-state index in [-0.39, 0.29) is 0 Å². The molecule has 0 aromatic rings. The Bertz CT molecular complexity index is 339. The van der Waals surface area contributed by atoms with Crippen LogP contribution in [-0.4, -0.2) is 6.61 Å². The van der Waals surface area contributed by atoms with Gasteiger partial charge >= 0.3 is 0 Å². The molecule has 3 saturated carbocycles. The van der Waals surface area contributed by atoms with Crippen LogP contribution in [0.5, 0.6) is 0 Å². The third-order valence-corrected chi connectivity index (χ3v) is 6.18. The fourth-order valence-electron chi connectivity index (χ4n) is 4.13. The van der Waals surface area contributed by atoms with Gasteiger partial charge in [-0.25, -0.2) is 0 Å². The van der Waals surface area contributed by atoms with Crippen LogP contribution < -0.4 is 0 Å². The van der Waals surface area contributed by atoms with Gasteiger partial charge in [-0.3, -0.25) is 0 Å². The Morgan fingerprint density at radius 2 is 1.71 bits per heavy atom. The summed E-state index contributed by atoms with van der Waals surface area (Å²) < 4.78 is 6.33. The minimum atomic E-state index is 0.767. The monoisotopic (exact) mass is 290 g/mol. The van der Waals surface area contributed by atoms with Gasteiger partial charge in [0.25, 0.3) is 0 Å². The lowest BCUT2D eigenvalue weighted by atomic mass is 9.78. The van der Waals surface area contributed by atoms with Crippen LogP contribution >= 0.6 is 0 Å². The SMILES string of the molecule is CC1CCC(C(OCCCCC2CCC2)=C2CCC2)CC1. The Balaban J connectivity index is 1.40. The summed E-state index contributed by atoms with van der Waals surface area (Å²) in [6.07, 6.45) is 18.2. The number of hydrogen-bond acceptors (Lipinski definition) is 1. The van der Waals surface area contributed by atoms with Crippen LogP contribution in [0.1, 0.15) is 90.4 Å². The maximum absolute atomic E-state index is 6.33. The Kier molecular flexibility index (Phi) is 5.66. The van der Waals surface area contributed by atoms with Gasteiger partial charge in [-0.1, -0.05) is 45.4 Å². The molecule has 120 valence electrons. The fraction of sp³-hybridized carbons (Fsp3) is 0.900. The summed E-state index contributed by atoms with van der Waals surface area (Å²) in [5.74, 6) is 4.23. The van der Waals surface area contributed by atoms with E-state index < -0.39 is 0 Å². The van der Waals surface area contributed by atoms with Crippen molar-refractivity contribution in [2.75, 3.05) is 6.61 Å². The van der Waals surface area contributed by atoms with Crippen molar-refractivity contribution >= 4 is 0 Å². The number of rotatable bonds is 7. The Labute approximate surface area is 131 Å². The van der Waals surface area contributed by atoms with Crippen molar-refractivity contribution in [2.45, 2.75) is 90.4 Å². The van der Waals surface area contributed by atoms with Crippen LogP contribution in [0, 0.1) is 17.8 Å². The first kappa shape index (κ1) is 15.4. The second kappa shape index (κ2) is 7.70. The van der Waals surface area contributed by atoms with Gasteiger partial charge in [0, 0.05) is 5.92 Å². The van der Waals surface area contributed by atoms with Crippen LogP contribution in [0.3, 0.4) is 0 Å². The van der Waals surface area contributed by atoms with Crippen molar-refractivity contribution in [3.05, 3.63) is 11.3 Å². The van der Waals surface area contributed by atoms with Gasteiger partial charge in [0.15, 0.2) is 0 Å². The average molecular weight is 290 g/mol. The van der Waals surface area contributed by atoms with E-state index in [1.54, 1.807) is 5.57 Å². The molecule has 0 aromatic carbocycles. The highest BCUT2D eigenvalue weighted by Crippen LogP contribution is 2.40. The molecule has 0 heterocycles. The molecule has 3 aliphatic rings. The van der Waals surface area contributed by atoms with Gasteiger partial charge < -0.3 is 4.74 Å². The van der Waals surface area contributed by atoms with E-state index in [2.05, 4.69) is 6.92 Å². The summed E-state index contributed by atoms with van der Waals surface area (Å²) in [4.78, 5) is 0. The Morgan fingerprint density at radius 3 is 2.29 bits per heavy atom. The second-order valence-corrected chi connectivity index (χ2v) is 7.92. The van der Waals surface area contributed by atoms with Gasteiger partial charge in [0.2, 0.25) is 0 Å². The molecule has 1 nitrogen and oxygen atoms in total. The molecule has 3 rings (SSSR count). The van der Waals surface area contributed by atoms with Crippen molar-refractivity contribution in [1.29, 1.82) is 0 Å². The zero-order valence-corrected chi connectivity index (χ0v) is 14.0. The summed E-state index contributed by atoms with van der Waals surface area (Å²) >= 11 is 0. The van der Waals surface area contributed by atoms with Crippen LogP contribution in [-0.2, 0) is 4.74 Å². The van der Waals surface area contributed by atoms with Crippen molar-refractivity contribution in [3.8, 4) is 0 Å². The van der Waals surface area contributed by atoms with E-state index in [4.69, 9.17) is 4.74 Å². The maximum Gasteiger partial charge on any atom is 0.0982 e. The number of ether oxygens (including phenoxy) is 1. The van der Waals surface area contributed by atoms with E-state index in [9.17, 15) is 0 Å². The lowest BCUT2D eigenvalue weighted by Gasteiger charge is -2.32. The summed E-state index contributed by atoms with van der Waals surface area (Å²) in [5, 5.41) is 0. The molecule has 1 heteroatoms. The van der Waals surface area contributed by atoms with Crippen LogP contribution in [0.15, 0.2) is 11.3 Å². The van der Waals surface area contributed by atoms with Gasteiger partial charge in [-0.15, -0.1) is 0 Å². The molecular formula is C20H34O. The number of allylic oxidation sites excluding steroid dienone is 2. The van der Waals surface area contributed by atoms with Crippen molar-refractivity contribution < 1.29 is 4.74 Å². The van der Waals surface area contributed by atoms with E-state index in [1.165, 1.54) is 89.2 Å². The van der Waals surface area contributed by atoms with E-state index >= 15 is 0 Å². The summed E-state index contributed by atoms with van der Waals surface area (Å²) in [5.41, 5.74) is 1.67. The molecule has 0 aliphatic heterocycles. The molecule has 0 N–H and O–H groups in total. The first-order valence-electron chi connectivity index (χ1n) is 9.67. The molecule has 0 unspecified atom stereocenters. The summed E-state index contributed by atoms with van der Waals surface area (Å²) in [6.45, 7) is 3.39. The molecule has 0 aromatic heterocycles. The zero-order chi connectivity index (χ0) is 14.5. The van der Waals surface area contributed by atoms with Crippen molar-refractivity contribution in [3.63, 3.8) is 0 Å². The first-order valence-corrected chi connectivity index (χ1v) is 9.67. The highest BCUT2D eigenvalue weighted by molar-refractivity contribution is 5.17. The molecule has 0 radical (unpaired) electrons. The molecule has 3 aliphatic carbocycles. The normalized spacial score (nSPS) is 29.7. The van der Waals surface area contributed by atoms with Crippen LogP contribution in [0.25, 0.3) is 0 Å². The Hall–Kier alpha value is -0.460. The smallest absolute Gasteiger partial charge is 0.0982 e. The van der Waals surface area contributed by atoms with E-state index in [1.807, 2.05) is 0 Å². The average Bonchev–Trinajstić information content (AvgIpc) is 2.38. The molecular weight excluding hydrogens is 256 g/mol. The molecule has 3 fully saturated rings. The van der Waals surface area contributed by atoms with Crippen molar-refractivity contribution in [1.82, 2.24) is 0 Å². The third kappa shape index (κ3) is 4.27. The lowest BCUT2D eigenvalue weighted by Crippen LogP contribution is -2.19. The van der Waals surface area contributed by atoms with E-state index in [0.29, 0.717) is 0 Å². The highest BCUT2D eigenvalue weighted by Gasteiger charge is 2.27. The molecule has 0 amide bonds. The molecule has 0 atom stereocenters. The predicted molar refractivity (Wildman–Crippen MR) is 89.1 cm³/mol. The topological polar surface area (TPSA) is 9.23 Å². The molecule has 0 bridgehead atoms. The molecule has 0 spiro atoms. The third-order valence-electron chi connectivity index (χ3n) is 6.18. The first-order chi connectivity index (χ1) is 10.3. The number of hydrogen-bond donors (Lipinski definition) is 0. The standard InChI is InChI=1S/C20H34O/c1-16-11-13-19(14-12-16)20(18-9-5-10-18)21-15-3-2-6-17-7-4-8-17/h16-17,19H,2-15H2,1H3. The second-order valence-electron chi connectivity index (χ2n) is 7.92. The van der Waals surface area contributed by atoms with Crippen LogP contribution in [0.2, 0.25) is 0 Å². The predicted octanol–water partition coefficient (Wildman–Crippen LogP) is 6.24. The highest BCUT2D eigenvalue weighted by atomic mass is 16.5. The minimum Gasteiger partial charge on any atom is -0.498 e. The van der Waals surface area contributed by atoms with Crippen LogP contribution in [0.4, 0.5) is 0 Å². The molecule has 0 saturated heterocycles. The van der Waals surface area contributed by atoms with Gasteiger partial charge in [-0.05, 0) is 62.4 Å². The summed E-state index contributed by atoms with van der Waals surface area (Å²) in [6, 6.07) is 0. The maximum atomic E-state index is 6.33. The van der Waals surface area contributed by atoms with Gasteiger partial charge in [-0.2, -0.15) is 0 Å². The summed E-state index contributed by atoms with van der Waals surface area (Å²) in [7, 11) is 0. The largest absolute Gasteiger partial charge is 0.498 e. The lowest BCUT2D eigenvalue weighted by molar-refractivity contribution is 0.137. The quantitative estimate of drug-likeness (QED) is 0.398. The minimum absolute atomic E-state index is 0.767. The fourth-order valence-corrected chi connectivity index (χ4v) is 4.13. The number of unbranched alkanes of at least 4 members (excludes halogenated alkanes) is 1. The van der Waals surface area contributed by atoms with E-state index in [0.717, 1.165) is 24.4 Å². The van der Waals surface area contributed by atoms with Crippen molar-refractivity contribution in [2.24, 2.45) is 17.8 Å². The van der Waals surface area contributed by atoms with Gasteiger partial charge in [0.1, 0.15) is 0 Å².